The van der Waals surface area contributed by atoms with E-state index in [1.54, 1.807) is 0 Å². The number of rotatable bonds is 4. The molecule has 1 aliphatic heterocycles. The van der Waals surface area contributed by atoms with Crippen molar-refractivity contribution in [3.8, 4) is 0 Å². The van der Waals surface area contributed by atoms with Crippen molar-refractivity contribution in [3.05, 3.63) is 34.9 Å². The summed E-state index contributed by atoms with van der Waals surface area (Å²) in [5.74, 6) is -0.728. The lowest BCUT2D eigenvalue weighted by Gasteiger charge is -2.12. The zero-order valence-electron chi connectivity index (χ0n) is 9.93. The van der Waals surface area contributed by atoms with E-state index < -0.39 is 0 Å². The molecule has 1 aliphatic rings. The van der Waals surface area contributed by atoms with Crippen molar-refractivity contribution in [1.29, 1.82) is 0 Å². The summed E-state index contributed by atoms with van der Waals surface area (Å²) in [5.41, 5.74) is 0.717. The highest BCUT2D eigenvalue weighted by molar-refractivity contribution is 5.26. The van der Waals surface area contributed by atoms with Gasteiger partial charge in [0.15, 0.2) is 0 Å². The summed E-state index contributed by atoms with van der Waals surface area (Å²) in [6.45, 7) is 1.07. The highest BCUT2D eigenvalue weighted by Gasteiger charge is 2.18. The lowest BCUT2D eigenvalue weighted by Crippen LogP contribution is -2.24. The number of methoxy groups -OCH3 is 1. The van der Waals surface area contributed by atoms with Gasteiger partial charge in [-0.05, 0) is 43.5 Å². The van der Waals surface area contributed by atoms with Gasteiger partial charge in [0.2, 0.25) is 0 Å². The van der Waals surface area contributed by atoms with E-state index in [-0.39, 0.29) is 29.8 Å². The second kappa shape index (κ2) is 5.56. The molecule has 1 atom stereocenters. The largest absolute Gasteiger partial charge is 0.380 e. The minimum Gasteiger partial charge on any atom is -0.380 e. The fourth-order valence-electron chi connectivity index (χ4n) is 2.25. The normalized spacial score (nSPS) is 19.8. The molecule has 1 N–H and O–H groups in total. The van der Waals surface area contributed by atoms with Crippen LogP contribution in [0.1, 0.15) is 24.0 Å². The van der Waals surface area contributed by atoms with Crippen LogP contribution in [0.4, 0.5) is 8.78 Å². The Labute approximate surface area is 100.0 Å². The lowest BCUT2D eigenvalue weighted by atomic mass is 10.0. The summed E-state index contributed by atoms with van der Waals surface area (Å²) in [6, 6.07) is 2.81. The van der Waals surface area contributed by atoms with Crippen LogP contribution in [-0.2, 0) is 17.8 Å². The Balaban J connectivity index is 2.14. The van der Waals surface area contributed by atoms with Crippen LogP contribution in [-0.4, -0.2) is 19.7 Å². The number of benzene rings is 1. The van der Waals surface area contributed by atoms with Crippen LogP contribution in [0.15, 0.2) is 12.1 Å². The molecule has 94 valence electrons. The first-order chi connectivity index (χ1) is 8.20. The molecule has 1 unspecified atom stereocenters. The molecule has 0 spiro atoms. The predicted octanol–water partition coefficient (Wildman–Crippen LogP) is 2.41. The van der Waals surface area contributed by atoms with Gasteiger partial charge in [0.25, 0.3) is 0 Å². The average molecular weight is 241 g/mol. The topological polar surface area (TPSA) is 21.3 Å². The minimum absolute atomic E-state index is 0.102. The van der Waals surface area contributed by atoms with E-state index in [2.05, 4.69) is 5.32 Å². The number of ether oxygens (including phenoxy) is 1. The number of nitrogens with one attached hydrogen (secondary N) is 1. The van der Waals surface area contributed by atoms with Gasteiger partial charge in [-0.1, -0.05) is 0 Å². The average Bonchev–Trinajstić information content (AvgIpc) is 2.78. The molecule has 1 aromatic carbocycles. The van der Waals surface area contributed by atoms with Crippen molar-refractivity contribution in [1.82, 2.24) is 5.32 Å². The van der Waals surface area contributed by atoms with Gasteiger partial charge >= 0.3 is 0 Å². The van der Waals surface area contributed by atoms with Gasteiger partial charge in [0, 0.05) is 18.7 Å². The molecule has 1 saturated heterocycles. The van der Waals surface area contributed by atoms with Crippen LogP contribution in [0.2, 0.25) is 0 Å². The second-order valence-electron chi connectivity index (χ2n) is 4.47. The molecule has 0 saturated carbocycles. The molecule has 0 amide bonds. The molecule has 17 heavy (non-hydrogen) atoms. The van der Waals surface area contributed by atoms with Crippen LogP contribution >= 0.6 is 0 Å². The van der Waals surface area contributed by atoms with Gasteiger partial charge in [-0.2, -0.15) is 0 Å². The molecule has 0 aliphatic carbocycles. The monoisotopic (exact) mass is 241 g/mol. The number of hydrogen-bond donors (Lipinski definition) is 1. The molecule has 4 heteroatoms. The summed E-state index contributed by atoms with van der Waals surface area (Å²) in [6.07, 6.45) is 2.69. The Hall–Kier alpha value is -1.00. The molecule has 1 aromatic rings. The molecular formula is C13H17F2NO. The van der Waals surface area contributed by atoms with E-state index in [1.807, 2.05) is 0 Å². The van der Waals surface area contributed by atoms with Crippen molar-refractivity contribution in [2.75, 3.05) is 13.7 Å². The van der Waals surface area contributed by atoms with Crippen LogP contribution < -0.4 is 5.32 Å². The van der Waals surface area contributed by atoms with E-state index in [4.69, 9.17) is 4.74 Å². The fraction of sp³-hybridized carbons (Fsp3) is 0.538. The van der Waals surface area contributed by atoms with E-state index in [0.717, 1.165) is 19.4 Å². The molecule has 1 heterocycles. The van der Waals surface area contributed by atoms with E-state index >= 15 is 0 Å². The van der Waals surface area contributed by atoms with E-state index in [9.17, 15) is 8.78 Å². The summed E-state index contributed by atoms with van der Waals surface area (Å²) in [4.78, 5) is 0. The highest BCUT2D eigenvalue weighted by atomic mass is 19.1. The molecule has 0 aromatic heterocycles. The lowest BCUT2D eigenvalue weighted by molar-refractivity contribution is 0.181. The minimum atomic E-state index is -0.388. The molecular weight excluding hydrogens is 224 g/mol. The van der Waals surface area contributed by atoms with Gasteiger partial charge in [-0.25, -0.2) is 8.78 Å². The van der Waals surface area contributed by atoms with Gasteiger partial charge in [0.05, 0.1) is 6.61 Å². The number of halogens is 2. The molecule has 0 bridgehead atoms. The smallest absolute Gasteiger partial charge is 0.129 e. The fourth-order valence-corrected chi connectivity index (χ4v) is 2.25. The van der Waals surface area contributed by atoms with Gasteiger partial charge in [-0.3, -0.25) is 0 Å². The third kappa shape index (κ3) is 3.01. The van der Waals surface area contributed by atoms with Crippen molar-refractivity contribution in [2.24, 2.45) is 0 Å². The quantitative estimate of drug-likeness (QED) is 0.874. The second-order valence-corrected chi connectivity index (χ2v) is 4.47. The Morgan fingerprint density at radius 1 is 1.29 bits per heavy atom. The Morgan fingerprint density at radius 2 is 2.00 bits per heavy atom. The zero-order valence-corrected chi connectivity index (χ0v) is 9.93. The molecule has 2 nitrogen and oxygen atoms in total. The van der Waals surface area contributed by atoms with Gasteiger partial charge < -0.3 is 10.1 Å². The third-order valence-electron chi connectivity index (χ3n) is 3.14. The Bertz CT molecular complexity index is 389. The van der Waals surface area contributed by atoms with Crippen molar-refractivity contribution >= 4 is 0 Å². The van der Waals surface area contributed by atoms with Gasteiger partial charge in [0.1, 0.15) is 11.6 Å². The SMILES string of the molecule is COCc1cc(F)c(CC2CCCN2)cc1F. The van der Waals surface area contributed by atoms with Crippen molar-refractivity contribution in [3.63, 3.8) is 0 Å². The van der Waals surface area contributed by atoms with Gasteiger partial charge in [-0.15, -0.1) is 0 Å². The first-order valence-corrected chi connectivity index (χ1v) is 5.90. The maximum atomic E-state index is 13.8. The van der Waals surface area contributed by atoms with Crippen LogP contribution in [0.5, 0.6) is 0 Å². The standard InChI is InChI=1S/C13H17F2NO/c1-17-8-10-7-12(14)9(6-13(10)15)5-11-3-2-4-16-11/h6-7,11,16H,2-5,8H2,1H3. The maximum absolute atomic E-state index is 13.8. The molecule has 2 rings (SSSR count). The third-order valence-corrected chi connectivity index (χ3v) is 3.14. The summed E-state index contributed by atoms with van der Waals surface area (Å²) >= 11 is 0. The van der Waals surface area contributed by atoms with Crippen LogP contribution in [0.3, 0.4) is 0 Å². The predicted molar refractivity (Wildman–Crippen MR) is 61.8 cm³/mol. The molecule has 0 radical (unpaired) electrons. The van der Waals surface area contributed by atoms with E-state index in [0.29, 0.717) is 12.0 Å². The first kappa shape index (κ1) is 12.5. The van der Waals surface area contributed by atoms with Crippen molar-refractivity contribution < 1.29 is 13.5 Å². The number of hydrogen-bond acceptors (Lipinski definition) is 2. The van der Waals surface area contributed by atoms with E-state index in [1.165, 1.54) is 19.2 Å². The Morgan fingerprint density at radius 3 is 2.65 bits per heavy atom. The first-order valence-electron chi connectivity index (χ1n) is 5.90. The van der Waals surface area contributed by atoms with Crippen LogP contribution in [0, 0.1) is 11.6 Å². The van der Waals surface area contributed by atoms with Crippen molar-refractivity contribution in [2.45, 2.75) is 31.9 Å². The molecule has 1 fully saturated rings. The van der Waals surface area contributed by atoms with Crippen LogP contribution in [0.25, 0.3) is 0 Å². The zero-order chi connectivity index (χ0) is 12.3. The maximum Gasteiger partial charge on any atom is 0.129 e. The summed E-state index contributed by atoms with van der Waals surface area (Å²) in [5, 5.41) is 3.28. The highest BCUT2D eigenvalue weighted by Crippen LogP contribution is 2.19. The Kier molecular flexibility index (Phi) is 4.07. The summed E-state index contributed by atoms with van der Waals surface area (Å²) < 4.78 is 32.2. The summed E-state index contributed by atoms with van der Waals surface area (Å²) in [7, 11) is 1.47.